The third kappa shape index (κ3) is 7.14. The maximum atomic E-state index is 13.3. The minimum absolute atomic E-state index is 0.0825. The van der Waals surface area contributed by atoms with Gasteiger partial charge in [-0.1, -0.05) is 54.6 Å². The SMILES string of the molecule is COc1cc(CN(C(=O)/C=C/c2ccc(Cl)cc2Cl)C2CCCCC2)ccc1OCC(N)=O. The lowest BCUT2D eigenvalue weighted by atomic mass is 9.93. The number of halogens is 2. The monoisotopic (exact) mass is 490 g/mol. The van der Waals surface area contributed by atoms with Crippen LogP contribution in [0.25, 0.3) is 6.08 Å². The number of hydrogen-bond acceptors (Lipinski definition) is 4. The summed E-state index contributed by atoms with van der Waals surface area (Å²) in [4.78, 5) is 26.2. The van der Waals surface area contributed by atoms with Gasteiger partial charge in [0, 0.05) is 28.7 Å². The Hall–Kier alpha value is -2.70. The van der Waals surface area contributed by atoms with Crippen LogP contribution in [0.15, 0.2) is 42.5 Å². The van der Waals surface area contributed by atoms with Crippen LogP contribution in [-0.2, 0) is 16.1 Å². The summed E-state index contributed by atoms with van der Waals surface area (Å²) in [5, 5.41) is 1.04. The van der Waals surface area contributed by atoms with E-state index in [1.165, 1.54) is 13.5 Å². The number of amides is 2. The third-order valence-corrected chi connectivity index (χ3v) is 6.18. The van der Waals surface area contributed by atoms with Crippen molar-refractivity contribution in [3.8, 4) is 11.5 Å². The number of nitrogens with two attached hydrogens (primary N) is 1. The predicted octanol–water partition coefficient (Wildman–Crippen LogP) is 5.24. The summed E-state index contributed by atoms with van der Waals surface area (Å²) in [6, 6.07) is 10.7. The van der Waals surface area contributed by atoms with E-state index >= 15 is 0 Å². The summed E-state index contributed by atoms with van der Waals surface area (Å²) >= 11 is 12.2. The Labute approximate surface area is 204 Å². The predicted molar refractivity (Wildman–Crippen MR) is 131 cm³/mol. The molecule has 0 unspecified atom stereocenters. The van der Waals surface area contributed by atoms with Crippen molar-refractivity contribution in [3.05, 3.63) is 63.6 Å². The molecule has 33 heavy (non-hydrogen) atoms. The Morgan fingerprint density at radius 2 is 1.85 bits per heavy atom. The Morgan fingerprint density at radius 3 is 2.52 bits per heavy atom. The van der Waals surface area contributed by atoms with Gasteiger partial charge in [-0.25, -0.2) is 0 Å². The topological polar surface area (TPSA) is 81.9 Å². The van der Waals surface area contributed by atoms with Crippen LogP contribution in [0.1, 0.15) is 43.2 Å². The molecule has 1 aliphatic rings. The van der Waals surface area contributed by atoms with Crippen molar-refractivity contribution in [2.45, 2.75) is 44.7 Å². The van der Waals surface area contributed by atoms with Crippen molar-refractivity contribution >= 4 is 41.1 Å². The number of nitrogens with zero attached hydrogens (tertiary/aromatic N) is 1. The Morgan fingerprint density at radius 1 is 1.09 bits per heavy atom. The molecule has 6 nitrogen and oxygen atoms in total. The highest BCUT2D eigenvalue weighted by Gasteiger charge is 2.25. The van der Waals surface area contributed by atoms with Crippen LogP contribution < -0.4 is 15.2 Å². The van der Waals surface area contributed by atoms with Gasteiger partial charge in [0.05, 0.1) is 7.11 Å². The molecule has 1 aliphatic carbocycles. The number of ether oxygens (including phenoxy) is 2. The van der Waals surface area contributed by atoms with Gasteiger partial charge in [0.2, 0.25) is 5.91 Å². The highest BCUT2D eigenvalue weighted by atomic mass is 35.5. The summed E-state index contributed by atoms with van der Waals surface area (Å²) in [5.74, 6) is 0.255. The lowest BCUT2D eigenvalue weighted by Gasteiger charge is -2.34. The minimum Gasteiger partial charge on any atom is -0.493 e. The van der Waals surface area contributed by atoms with Crippen LogP contribution in [0.4, 0.5) is 0 Å². The third-order valence-electron chi connectivity index (χ3n) is 5.62. The number of benzene rings is 2. The normalized spacial score (nSPS) is 14.3. The zero-order valence-corrected chi connectivity index (χ0v) is 20.1. The first-order valence-electron chi connectivity index (χ1n) is 10.9. The van der Waals surface area contributed by atoms with E-state index in [9.17, 15) is 9.59 Å². The second-order valence-electron chi connectivity index (χ2n) is 8.00. The van der Waals surface area contributed by atoms with E-state index in [0.29, 0.717) is 28.1 Å². The molecule has 2 aromatic carbocycles. The smallest absolute Gasteiger partial charge is 0.255 e. The first-order chi connectivity index (χ1) is 15.9. The Bertz CT molecular complexity index is 1020. The molecule has 3 rings (SSSR count). The van der Waals surface area contributed by atoms with Gasteiger partial charge in [-0.3, -0.25) is 9.59 Å². The van der Waals surface area contributed by atoms with Crippen molar-refractivity contribution in [2.24, 2.45) is 5.73 Å². The Kier molecular flexibility index (Phi) is 9.03. The van der Waals surface area contributed by atoms with Crippen LogP contribution in [0.2, 0.25) is 10.0 Å². The van der Waals surface area contributed by atoms with Crippen molar-refractivity contribution in [1.82, 2.24) is 4.90 Å². The van der Waals surface area contributed by atoms with Gasteiger partial charge >= 0.3 is 0 Å². The fourth-order valence-electron chi connectivity index (χ4n) is 3.95. The maximum absolute atomic E-state index is 13.3. The van der Waals surface area contributed by atoms with E-state index in [4.69, 9.17) is 38.4 Å². The highest BCUT2D eigenvalue weighted by Crippen LogP contribution is 2.30. The molecule has 1 fully saturated rings. The molecule has 0 spiro atoms. The number of rotatable bonds is 9. The largest absolute Gasteiger partial charge is 0.493 e. The van der Waals surface area contributed by atoms with E-state index < -0.39 is 5.91 Å². The summed E-state index contributed by atoms with van der Waals surface area (Å²) in [5.41, 5.74) is 6.79. The van der Waals surface area contributed by atoms with Crippen molar-refractivity contribution < 1.29 is 19.1 Å². The van der Waals surface area contributed by atoms with E-state index in [-0.39, 0.29) is 18.6 Å². The van der Waals surface area contributed by atoms with Crippen molar-refractivity contribution in [2.75, 3.05) is 13.7 Å². The van der Waals surface area contributed by atoms with Gasteiger partial charge < -0.3 is 20.1 Å². The van der Waals surface area contributed by atoms with Crippen LogP contribution in [0.5, 0.6) is 11.5 Å². The van der Waals surface area contributed by atoms with Gasteiger partial charge in [-0.2, -0.15) is 0 Å². The number of hydrogen-bond donors (Lipinski definition) is 1. The van der Waals surface area contributed by atoms with Gasteiger partial charge in [0.15, 0.2) is 18.1 Å². The van der Waals surface area contributed by atoms with Crippen molar-refractivity contribution in [3.63, 3.8) is 0 Å². The van der Waals surface area contributed by atoms with Gasteiger partial charge in [0.25, 0.3) is 5.91 Å². The van der Waals surface area contributed by atoms with Crippen LogP contribution >= 0.6 is 23.2 Å². The molecule has 1 saturated carbocycles. The molecule has 2 N–H and O–H groups in total. The molecule has 0 radical (unpaired) electrons. The molecule has 2 aromatic rings. The van der Waals surface area contributed by atoms with E-state index in [1.807, 2.05) is 17.0 Å². The summed E-state index contributed by atoms with van der Waals surface area (Å²) in [6.07, 6.45) is 8.61. The molecule has 0 heterocycles. The molecular weight excluding hydrogens is 463 g/mol. The molecule has 0 atom stereocenters. The molecule has 0 aliphatic heterocycles. The average Bonchev–Trinajstić information content (AvgIpc) is 2.81. The molecule has 0 bridgehead atoms. The van der Waals surface area contributed by atoms with E-state index in [1.54, 1.807) is 36.4 Å². The molecular formula is C25H28Cl2N2O4. The molecule has 2 amide bonds. The first kappa shape index (κ1) is 24.9. The van der Waals surface area contributed by atoms with Gasteiger partial charge in [-0.05, 0) is 54.3 Å². The number of methoxy groups -OCH3 is 1. The molecule has 8 heteroatoms. The summed E-state index contributed by atoms with van der Waals surface area (Å²) in [7, 11) is 1.53. The van der Waals surface area contributed by atoms with Crippen LogP contribution in [0.3, 0.4) is 0 Å². The fourth-order valence-corrected chi connectivity index (χ4v) is 4.42. The molecule has 0 aromatic heterocycles. The minimum atomic E-state index is -0.567. The van der Waals surface area contributed by atoms with Gasteiger partial charge in [-0.15, -0.1) is 0 Å². The molecule has 0 saturated heterocycles. The van der Waals surface area contributed by atoms with Crippen molar-refractivity contribution in [1.29, 1.82) is 0 Å². The van der Waals surface area contributed by atoms with E-state index in [0.717, 1.165) is 36.8 Å². The number of primary amides is 1. The van der Waals surface area contributed by atoms with Gasteiger partial charge in [0.1, 0.15) is 0 Å². The Balaban J connectivity index is 1.81. The quantitative estimate of drug-likeness (QED) is 0.487. The average molecular weight is 491 g/mol. The fraction of sp³-hybridized carbons (Fsp3) is 0.360. The lowest BCUT2D eigenvalue weighted by molar-refractivity contribution is -0.129. The van der Waals surface area contributed by atoms with Crippen LogP contribution in [-0.4, -0.2) is 36.5 Å². The standard InChI is InChI=1S/C25H28Cl2N2O4/c1-32-23-13-17(7-11-22(23)33-16-24(28)30)15-29(20-5-3-2-4-6-20)25(31)12-9-18-8-10-19(26)14-21(18)27/h7-14,20H,2-6,15-16H2,1H3,(H2,28,30)/b12-9+. The zero-order chi connectivity index (χ0) is 23.8. The molecule has 176 valence electrons. The lowest BCUT2D eigenvalue weighted by Crippen LogP contribution is -2.40. The first-order valence-corrected chi connectivity index (χ1v) is 11.6. The second kappa shape index (κ2) is 12.0. The number of carbonyl (C=O) groups excluding carboxylic acids is 2. The maximum Gasteiger partial charge on any atom is 0.255 e. The van der Waals surface area contributed by atoms with Crippen LogP contribution in [0, 0.1) is 0 Å². The highest BCUT2D eigenvalue weighted by molar-refractivity contribution is 6.35. The van der Waals surface area contributed by atoms with E-state index in [2.05, 4.69) is 0 Å². The second-order valence-corrected chi connectivity index (χ2v) is 8.84. The zero-order valence-electron chi connectivity index (χ0n) is 18.6. The summed E-state index contributed by atoms with van der Waals surface area (Å²) < 4.78 is 10.8. The summed E-state index contributed by atoms with van der Waals surface area (Å²) in [6.45, 7) is 0.190. The number of carbonyl (C=O) groups is 2.